The number of nitrogens with zero attached hydrogens (tertiary/aromatic N) is 1. The van der Waals surface area contributed by atoms with E-state index < -0.39 is 40.4 Å². The molecule has 0 radical (unpaired) electrons. The van der Waals surface area contributed by atoms with E-state index in [9.17, 15) is 23.5 Å². The van der Waals surface area contributed by atoms with Crippen LogP contribution in [0.2, 0.25) is 0 Å². The van der Waals surface area contributed by atoms with Gasteiger partial charge in [-0.05, 0) is 39.5 Å². The van der Waals surface area contributed by atoms with Gasteiger partial charge in [-0.15, -0.1) is 0 Å². The Balaban J connectivity index is 1.73. The molecule has 6 nitrogen and oxygen atoms in total. The van der Waals surface area contributed by atoms with Crippen LogP contribution in [0.4, 0.5) is 19.3 Å². The molecule has 1 saturated heterocycles. The van der Waals surface area contributed by atoms with E-state index in [0.717, 1.165) is 25.0 Å². The average Bonchev–Trinajstić information content (AvgIpc) is 3.08. The van der Waals surface area contributed by atoms with E-state index in [2.05, 4.69) is 5.32 Å². The maximum atomic E-state index is 14.2. The molecule has 3 rings (SSSR count). The summed E-state index contributed by atoms with van der Waals surface area (Å²) >= 11 is 0. The summed E-state index contributed by atoms with van der Waals surface area (Å²) < 4.78 is 33.7. The van der Waals surface area contributed by atoms with Gasteiger partial charge in [-0.25, -0.2) is 13.6 Å². The molecule has 27 heavy (non-hydrogen) atoms. The molecule has 1 aliphatic carbocycles. The molecule has 1 saturated carbocycles. The Hall–Kier alpha value is -2.38. The zero-order valence-electron chi connectivity index (χ0n) is 15.6. The Morgan fingerprint density at radius 1 is 1.30 bits per heavy atom. The van der Waals surface area contributed by atoms with Crippen molar-refractivity contribution >= 4 is 17.7 Å². The number of anilines is 1. The second kappa shape index (κ2) is 6.65. The SMILES string of the molecule is CC(C)(C)Oc1c(F)cc(NC(=O)N2C[C@@H]3CCC[C@@]3(C(=O)O)C2)cc1F. The highest BCUT2D eigenvalue weighted by Crippen LogP contribution is 2.49. The molecule has 0 aromatic heterocycles. The quantitative estimate of drug-likeness (QED) is 0.832. The summed E-state index contributed by atoms with van der Waals surface area (Å²) in [6.45, 7) is 5.45. The lowest BCUT2D eigenvalue weighted by molar-refractivity contribution is -0.149. The zero-order chi connectivity index (χ0) is 20.0. The van der Waals surface area contributed by atoms with Crippen LogP contribution in [0, 0.1) is 23.0 Å². The second-order valence-electron chi connectivity index (χ2n) is 8.34. The molecular weight excluding hydrogens is 358 g/mol. The smallest absolute Gasteiger partial charge is 0.321 e. The molecule has 1 aromatic rings. The predicted molar refractivity (Wildman–Crippen MR) is 94.7 cm³/mol. The maximum Gasteiger partial charge on any atom is 0.321 e. The fourth-order valence-electron chi connectivity index (χ4n) is 4.03. The number of fused-ring (bicyclic) bond motifs is 1. The fraction of sp³-hybridized carbons (Fsp3) is 0.579. The molecule has 2 atom stereocenters. The third kappa shape index (κ3) is 3.70. The second-order valence-corrected chi connectivity index (χ2v) is 8.34. The van der Waals surface area contributed by atoms with Crippen molar-refractivity contribution in [1.82, 2.24) is 4.90 Å². The molecule has 148 valence electrons. The summed E-state index contributed by atoms with van der Waals surface area (Å²) in [5.41, 5.74) is -1.72. The maximum absolute atomic E-state index is 14.2. The summed E-state index contributed by atoms with van der Waals surface area (Å²) in [4.78, 5) is 25.6. The summed E-state index contributed by atoms with van der Waals surface area (Å²) in [5.74, 6) is -3.31. The number of likely N-dealkylation sites (tertiary alicyclic amines) is 1. The van der Waals surface area contributed by atoms with Crippen LogP contribution in [0.5, 0.6) is 5.75 Å². The number of carbonyl (C=O) groups is 2. The van der Waals surface area contributed by atoms with Crippen molar-refractivity contribution in [2.75, 3.05) is 18.4 Å². The van der Waals surface area contributed by atoms with Crippen LogP contribution in [0.3, 0.4) is 0 Å². The number of aliphatic carboxylic acids is 1. The topological polar surface area (TPSA) is 78.9 Å². The number of carbonyl (C=O) groups excluding carboxylic acids is 1. The number of rotatable bonds is 3. The highest BCUT2D eigenvalue weighted by Gasteiger charge is 2.55. The molecule has 0 bridgehead atoms. The van der Waals surface area contributed by atoms with Crippen LogP contribution in [0.15, 0.2) is 12.1 Å². The molecular formula is C19H24F2N2O4. The Morgan fingerprint density at radius 3 is 2.44 bits per heavy atom. The molecule has 2 N–H and O–H groups in total. The summed E-state index contributed by atoms with van der Waals surface area (Å²) in [6, 6.07) is 1.42. The van der Waals surface area contributed by atoms with Crippen LogP contribution < -0.4 is 10.1 Å². The van der Waals surface area contributed by atoms with E-state index in [1.165, 1.54) is 4.90 Å². The number of carboxylic acids is 1. The lowest BCUT2D eigenvalue weighted by Crippen LogP contribution is -2.38. The van der Waals surface area contributed by atoms with E-state index in [1.54, 1.807) is 20.8 Å². The van der Waals surface area contributed by atoms with Crippen molar-refractivity contribution in [3.05, 3.63) is 23.8 Å². The van der Waals surface area contributed by atoms with Gasteiger partial charge < -0.3 is 20.1 Å². The Bertz CT molecular complexity index is 754. The van der Waals surface area contributed by atoms with E-state index in [4.69, 9.17) is 4.74 Å². The van der Waals surface area contributed by atoms with Crippen LogP contribution >= 0.6 is 0 Å². The Morgan fingerprint density at radius 2 is 1.93 bits per heavy atom. The van der Waals surface area contributed by atoms with E-state index in [0.29, 0.717) is 13.0 Å². The van der Waals surface area contributed by atoms with Crippen molar-refractivity contribution < 1.29 is 28.2 Å². The minimum Gasteiger partial charge on any atom is -0.482 e. The monoisotopic (exact) mass is 382 g/mol. The number of hydrogen-bond acceptors (Lipinski definition) is 3. The highest BCUT2D eigenvalue weighted by molar-refractivity contribution is 5.90. The number of hydrogen-bond donors (Lipinski definition) is 2. The first-order chi connectivity index (χ1) is 12.5. The molecule has 1 aromatic carbocycles. The molecule has 1 heterocycles. The predicted octanol–water partition coefficient (Wildman–Crippen LogP) is 3.86. The molecule has 0 unspecified atom stereocenters. The number of amides is 2. The van der Waals surface area contributed by atoms with Crippen LogP contribution in [0.25, 0.3) is 0 Å². The number of ether oxygens (including phenoxy) is 1. The normalized spacial score (nSPS) is 24.6. The van der Waals surface area contributed by atoms with Crippen molar-refractivity contribution in [2.45, 2.75) is 45.6 Å². The average molecular weight is 382 g/mol. The number of carboxylic acid groups (broad SMARTS) is 1. The van der Waals surface area contributed by atoms with Gasteiger partial charge in [0.1, 0.15) is 5.60 Å². The van der Waals surface area contributed by atoms with Crippen molar-refractivity contribution in [3.63, 3.8) is 0 Å². The van der Waals surface area contributed by atoms with Gasteiger partial charge in [0.15, 0.2) is 17.4 Å². The molecule has 8 heteroatoms. The van der Waals surface area contributed by atoms with Gasteiger partial charge >= 0.3 is 12.0 Å². The zero-order valence-corrected chi connectivity index (χ0v) is 15.6. The molecule has 2 aliphatic rings. The van der Waals surface area contributed by atoms with Gasteiger partial charge in [0.25, 0.3) is 0 Å². The first kappa shape index (κ1) is 19.4. The third-order valence-electron chi connectivity index (χ3n) is 5.24. The summed E-state index contributed by atoms with van der Waals surface area (Å²) in [6.07, 6.45) is 2.13. The molecule has 2 amide bonds. The largest absolute Gasteiger partial charge is 0.482 e. The van der Waals surface area contributed by atoms with E-state index in [-0.39, 0.29) is 18.2 Å². The number of nitrogens with one attached hydrogen (secondary N) is 1. The highest BCUT2D eigenvalue weighted by atomic mass is 19.1. The Labute approximate surface area is 156 Å². The van der Waals surface area contributed by atoms with Crippen LogP contribution in [-0.2, 0) is 4.79 Å². The fourth-order valence-corrected chi connectivity index (χ4v) is 4.03. The van der Waals surface area contributed by atoms with E-state index >= 15 is 0 Å². The Kier molecular flexibility index (Phi) is 4.78. The van der Waals surface area contributed by atoms with Gasteiger partial charge in [0.05, 0.1) is 5.41 Å². The number of benzene rings is 1. The summed E-state index contributed by atoms with van der Waals surface area (Å²) in [5, 5.41) is 12.0. The van der Waals surface area contributed by atoms with Gasteiger partial charge in [-0.2, -0.15) is 0 Å². The van der Waals surface area contributed by atoms with Gasteiger partial charge in [-0.1, -0.05) is 6.42 Å². The molecule has 0 spiro atoms. The van der Waals surface area contributed by atoms with Gasteiger partial charge in [0, 0.05) is 30.9 Å². The van der Waals surface area contributed by atoms with Gasteiger partial charge in [0.2, 0.25) is 0 Å². The first-order valence-electron chi connectivity index (χ1n) is 8.99. The lowest BCUT2D eigenvalue weighted by Gasteiger charge is -2.24. The number of halogens is 2. The van der Waals surface area contributed by atoms with Gasteiger partial charge in [-0.3, -0.25) is 4.79 Å². The minimum absolute atomic E-state index is 0.0438. The first-order valence-corrected chi connectivity index (χ1v) is 8.99. The lowest BCUT2D eigenvalue weighted by atomic mass is 9.81. The van der Waals surface area contributed by atoms with Crippen LogP contribution in [0.1, 0.15) is 40.0 Å². The van der Waals surface area contributed by atoms with E-state index in [1.807, 2.05) is 0 Å². The van der Waals surface area contributed by atoms with Crippen molar-refractivity contribution in [2.24, 2.45) is 11.3 Å². The van der Waals surface area contributed by atoms with Crippen molar-refractivity contribution in [3.8, 4) is 5.75 Å². The number of urea groups is 1. The van der Waals surface area contributed by atoms with Crippen LogP contribution in [-0.4, -0.2) is 40.7 Å². The minimum atomic E-state index is -0.916. The third-order valence-corrected chi connectivity index (χ3v) is 5.24. The molecule has 1 aliphatic heterocycles. The van der Waals surface area contributed by atoms with Crippen molar-refractivity contribution in [1.29, 1.82) is 0 Å². The summed E-state index contributed by atoms with van der Waals surface area (Å²) in [7, 11) is 0. The molecule has 2 fully saturated rings. The standard InChI is InChI=1S/C19H24F2N2O4/c1-18(2,3)27-15-13(20)7-12(8-14(15)21)22-17(26)23-9-11-5-4-6-19(11,10-23)16(24)25/h7-8,11H,4-6,9-10H2,1-3H3,(H,22,26)(H,24,25)/t11-,19+/m0/s1.